The molecule has 4 rings (SSSR count). The molecule has 1 aromatic carbocycles. The third kappa shape index (κ3) is 8.24. The third-order valence-electron chi connectivity index (χ3n) is 5.44. The lowest BCUT2D eigenvalue weighted by Gasteiger charge is -2.18. The van der Waals surface area contributed by atoms with Crippen molar-refractivity contribution in [3.63, 3.8) is 0 Å². The van der Waals surface area contributed by atoms with Crippen molar-refractivity contribution in [2.45, 2.75) is 37.5 Å². The maximum atomic E-state index is 14.3. The number of aromatic nitrogens is 3. The van der Waals surface area contributed by atoms with Crippen LogP contribution in [0.5, 0.6) is 0 Å². The summed E-state index contributed by atoms with van der Waals surface area (Å²) in [5.74, 6) is -0.538. The van der Waals surface area contributed by atoms with E-state index >= 15 is 0 Å². The first-order valence-corrected chi connectivity index (χ1v) is 12.4. The van der Waals surface area contributed by atoms with Gasteiger partial charge in [0.1, 0.15) is 18.0 Å². The predicted octanol–water partition coefficient (Wildman–Crippen LogP) is -0.433. The zero-order valence-corrected chi connectivity index (χ0v) is 23.5. The minimum Gasteiger partial charge on any atom is -0.396 e. The molecule has 1 aliphatic rings. The molecule has 38 heavy (non-hydrogen) atoms. The highest BCUT2D eigenvalue weighted by Crippen LogP contribution is 2.29. The number of benzene rings is 1. The molecule has 0 saturated carbocycles. The number of aliphatic hydroxyl groups excluding tert-OH is 3. The summed E-state index contributed by atoms with van der Waals surface area (Å²) in [6.45, 7) is -0.500. The van der Waals surface area contributed by atoms with Crippen molar-refractivity contribution >= 4 is 28.4 Å². The second kappa shape index (κ2) is 17.6. The van der Waals surface area contributed by atoms with E-state index in [1.165, 1.54) is 40.7 Å². The highest BCUT2D eigenvalue weighted by molar-refractivity contribution is 7.08. The Balaban J connectivity index is 0.00000112. The second-order valence-corrected chi connectivity index (χ2v) is 7.51. The molecule has 12 nitrogen and oxygen atoms in total. The topological polar surface area (TPSA) is 188 Å². The predicted molar refractivity (Wildman–Crippen MR) is 147 cm³/mol. The lowest BCUT2D eigenvalue weighted by molar-refractivity contribution is -0.0458. The number of ether oxygens (including phenoxy) is 1. The molecule has 16 heteroatoms. The van der Waals surface area contributed by atoms with Crippen LogP contribution >= 0.6 is 28.4 Å². The van der Waals surface area contributed by atoms with Crippen molar-refractivity contribution in [1.82, 2.24) is 14.1 Å². The summed E-state index contributed by atoms with van der Waals surface area (Å²) >= 11 is 0. The van der Waals surface area contributed by atoms with Gasteiger partial charge in [0.2, 0.25) is 0 Å². The van der Waals surface area contributed by atoms with Crippen LogP contribution in [0.1, 0.15) is 18.3 Å². The van der Waals surface area contributed by atoms with E-state index in [4.69, 9.17) is 24.5 Å². The molecule has 7 unspecified atom stereocenters. The lowest BCUT2D eigenvalue weighted by atomic mass is 10.1. The molecule has 3 heterocycles. The van der Waals surface area contributed by atoms with Gasteiger partial charge in [0.05, 0.1) is 24.5 Å². The van der Waals surface area contributed by atoms with Gasteiger partial charge in [-0.3, -0.25) is 18.9 Å². The largest absolute Gasteiger partial charge is 0.396 e. The van der Waals surface area contributed by atoms with E-state index in [1.807, 2.05) is 0 Å². The van der Waals surface area contributed by atoms with Crippen molar-refractivity contribution in [2.75, 3.05) is 6.61 Å². The van der Waals surface area contributed by atoms with Gasteiger partial charge >= 0.3 is 5.69 Å². The van der Waals surface area contributed by atoms with Crippen molar-refractivity contribution in [1.29, 1.82) is 0 Å². The van der Waals surface area contributed by atoms with Gasteiger partial charge in [-0.1, -0.05) is 30.3 Å². The van der Waals surface area contributed by atoms with E-state index in [1.54, 1.807) is 30.3 Å². The van der Waals surface area contributed by atoms with Gasteiger partial charge in [-0.2, -0.15) is 0 Å². The monoisotopic (exact) mass is 593 g/mol. The Morgan fingerprint density at radius 1 is 0.974 bits per heavy atom. The Morgan fingerprint density at radius 3 is 2.21 bits per heavy atom. The van der Waals surface area contributed by atoms with Gasteiger partial charge in [-0.05, 0) is 46.5 Å². The van der Waals surface area contributed by atoms with Crippen LogP contribution in [0.25, 0.3) is 11.1 Å². The van der Waals surface area contributed by atoms with E-state index in [2.05, 4.69) is 4.98 Å². The molecule has 0 radical (unpaired) electrons. The number of aliphatic hydroxyl groups is 3. The molecular formula is C22H31FN3O9P3. The summed E-state index contributed by atoms with van der Waals surface area (Å²) in [5, 5.41) is 29.5. The highest BCUT2D eigenvalue weighted by Gasteiger charge is 2.43. The van der Waals surface area contributed by atoms with Crippen LogP contribution in [0, 0.1) is 5.82 Å². The molecular weight excluding hydrogens is 562 g/mol. The van der Waals surface area contributed by atoms with Crippen LogP contribution in [0.2, 0.25) is 0 Å². The quantitative estimate of drug-likeness (QED) is 0.205. The molecule has 0 aliphatic carbocycles. The minimum atomic E-state index is -1.43. The maximum Gasteiger partial charge on any atom is 0.333 e. The van der Waals surface area contributed by atoms with Crippen molar-refractivity contribution in [3.05, 3.63) is 87.2 Å². The zero-order valence-electron chi connectivity index (χ0n) is 20.0. The van der Waals surface area contributed by atoms with Crippen molar-refractivity contribution in [3.8, 4) is 11.1 Å². The van der Waals surface area contributed by atoms with Crippen molar-refractivity contribution < 1.29 is 39.1 Å². The first-order chi connectivity index (χ1) is 18.4. The minimum absolute atomic E-state index is 0.0743. The van der Waals surface area contributed by atoms with Gasteiger partial charge in [0.25, 0.3) is 5.56 Å². The zero-order chi connectivity index (χ0) is 28.8. The Morgan fingerprint density at radius 2 is 1.61 bits per heavy atom. The molecule has 210 valence electrons. The Kier molecular flexibility index (Phi) is 15.7. The van der Waals surface area contributed by atoms with Gasteiger partial charge in [-0.25, -0.2) is 9.18 Å². The van der Waals surface area contributed by atoms with Crippen molar-refractivity contribution in [2.24, 2.45) is 0 Å². The van der Waals surface area contributed by atoms with E-state index in [0.717, 1.165) is 21.4 Å². The first kappa shape index (κ1) is 34.0. The Labute approximate surface area is 224 Å². The molecule has 0 spiro atoms. The fourth-order valence-corrected chi connectivity index (χ4v) is 3.76. The average Bonchev–Trinajstić information content (AvgIpc) is 3.24. The fraction of sp³-hybridized carbons (Fsp3) is 0.318. The molecule has 0 amide bonds. The molecule has 1 fully saturated rings. The van der Waals surface area contributed by atoms with Gasteiger partial charge < -0.3 is 34.7 Å². The second-order valence-electron chi connectivity index (χ2n) is 7.51. The molecule has 6 N–H and O–H groups in total. The smallest absolute Gasteiger partial charge is 0.333 e. The normalized spacial score (nSPS) is 19.7. The van der Waals surface area contributed by atoms with Gasteiger partial charge in [-0.15, -0.1) is 0 Å². The van der Waals surface area contributed by atoms with E-state index in [-0.39, 0.29) is 30.8 Å². The molecule has 1 saturated heterocycles. The number of nitrogens with zero attached hydrogens (tertiary/aromatic N) is 3. The van der Waals surface area contributed by atoms with Crippen LogP contribution in [0.4, 0.5) is 4.39 Å². The van der Waals surface area contributed by atoms with Crippen LogP contribution in [0.15, 0.2) is 64.4 Å². The number of hydrogen-bond donors (Lipinski definition) is 6. The number of rotatable bonds is 6. The van der Waals surface area contributed by atoms with Crippen LogP contribution in [-0.4, -0.2) is 69.0 Å². The molecule has 7 atom stereocenters. The summed E-state index contributed by atoms with van der Waals surface area (Å²) < 4.78 is 21.8. The molecule has 0 bridgehead atoms. The summed E-state index contributed by atoms with van der Waals surface area (Å²) in [6, 6.07) is 11.4. The van der Waals surface area contributed by atoms with E-state index in [0.29, 0.717) is 5.56 Å². The molecule has 2 aromatic heterocycles. The highest BCUT2D eigenvalue weighted by atomic mass is 31.0. The Hall–Kier alpha value is -2.01. The summed E-state index contributed by atoms with van der Waals surface area (Å²) in [7, 11) is 4.25. The maximum absolute atomic E-state index is 14.3. The van der Waals surface area contributed by atoms with Crippen LogP contribution < -0.4 is 11.2 Å². The van der Waals surface area contributed by atoms with Crippen LogP contribution in [0.3, 0.4) is 0 Å². The van der Waals surface area contributed by atoms with E-state index < -0.39 is 41.6 Å². The number of halogens is 1. The standard InChI is InChI=1S/C22H22FN3O6.3H3OP/c23-16-11-24-14(10-15(16)13-4-2-1-3-5-13)12-26-18(28)6-8-25(22(26)31)21-20(30)19(29)17(32-21)7-9-27;3*1-2/h1-6,8,10-11,17,19-21,27,29-30H,7,9,12H2;3*1H,2H2. The SMILES string of the molecule is O=c1ccn(C2OC(CCO)C(O)C2O)c(=O)n1Cc1cc(-c2ccccc2)c(F)cn1.OP.OP.OP. The number of hydrogen-bond acceptors (Lipinski definition) is 10. The summed E-state index contributed by atoms with van der Waals surface area (Å²) in [4.78, 5) is 50.2. The summed E-state index contributed by atoms with van der Waals surface area (Å²) in [6.07, 6.45) is -2.54. The third-order valence-corrected chi connectivity index (χ3v) is 5.44. The summed E-state index contributed by atoms with van der Waals surface area (Å²) in [5.41, 5.74) is -0.208. The molecule has 3 aromatic rings. The van der Waals surface area contributed by atoms with Crippen LogP contribution in [-0.2, 0) is 11.3 Å². The fourth-order valence-electron chi connectivity index (χ4n) is 3.76. The first-order valence-electron chi connectivity index (χ1n) is 10.8. The molecule has 1 aliphatic heterocycles. The number of pyridine rings is 1. The van der Waals surface area contributed by atoms with Gasteiger partial charge in [0, 0.05) is 24.4 Å². The average molecular weight is 593 g/mol. The lowest BCUT2D eigenvalue weighted by Crippen LogP contribution is -2.43. The van der Waals surface area contributed by atoms with E-state index in [9.17, 15) is 24.2 Å². The Bertz CT molecular complexity index is 1230. The van der Waals surface area contributed by atoms with Gasteiger partial charge in [0.15, 0.2) is 6.23 Å².